The van der Waals surface area contributed by atoms with Crippen LogP contribution in [0.2, 0.25) is 0 Å². The standard InChI is InChI=1S/C20H36N4O4S/c1-16(25)21-11-17-7-6-8-23(13-17)14-18-12-22-19(24(18)9-10-28-5)29(26,27)15-20(2,3)4/h12,17H,6-11,13-15H2,1-5H3,(H,21,25). The van der Waals surface area contributed by atoms with E-state index in [-0.39, 0.29) is 22.2 Å². The minimum atomic E-state index is -3.50. The summed E-state index contributed by atoms with van der Waals surface area (Å²) < 4.78 is 32.9. The lowest BCUT2D eigenvalue weighted by atomic mass is 9.98. The Kier molecular flexibility index (Phi) is 8.25. The zero-order valence-electron chi connectivity index (χ0n) is 18.4. The first kappa shape index (κ1) is 23.8. The fourth-order valence-electron chi connectivity index (χ4n) is 3.80. The van der Waals surface area contributed by atoms with Crippen LogP contribution in [0.1, 0.15) is 46.2 Å². The number of piperidine rings is 1. The summed E-state index contributed by atoms with van der Waals surface area (Å²) in [7, 11) is -1.89. The van der Waals surface area contributed by atoms with Crippen LogP contribution in [0.5, 0.6) is 0 Å². The van der Waals surface area contributed by atoms with Gasteiger partial charge >= 0.3 is 0 Å². The van der Waals surface area contributed by atoms with Gasteiger partial charge in [0.2, 0.25) is 20.9 Å². The highest BCUT2D eigenvalue weighted by atomic mass is 32.2. The lowest BCUT2D eigenvalue weighted by Crippen LogP contribution is -2.40. The number of nitrogens with zero attached hydrogens (tertiary/aromatic N) is 3. The molecule has 0 radical (unpaired) electrons. The Balaban J connectivity index is 2.17. The van der Waals surface area contributed by atoms with Crippen LogP contribution in [0, 0.1) is 11.3 Å². The molecule has 1 saturated heterocycles. The highest BCUT2D eigenvalue weighted by Crippen LogP contribution is 2.24. The van der Waals surface area contributed by atoms with Gasteiger partial charge in [-0.3, -0.25) is 9.69 Å². The molecule has 166 valence electrons. The summed E-state index contributed by atoms with van der Waals surface area (Å²) in [4.78, 5) is 17.8. The van der Waals surface area contributed by atoms with Gasteiger partial charge in [0.15, 0.2) is 0 Å². The molecule has 1 unspecified atom stereocenters. The van der Waals surface area contributed by atoms with Crippen LogP contribution in [-0.4, -0.2) is 67.9 Å². The third-order valence-corrected chi connectivity index (χ3v) is 7.08. The van der Waals surface area contributed by atoms with Gasteiger partial charge in [-0.25, -0.2) is 13.4 Å². The number of amides is 1. The smallest absolute Gasteiger partial charge is 0.227 e. The van der Waals surface area contributed by atoms with Gasteiger partial charge in [-0.2, -0.15) is 0 Å². The van der Waals surface area contributed by atoms with E-state index in [0.717, 1.165) is 31.6 Å². The quantitative estimate of drug-likeness (QED) is 0.643. The lowest BCUT2D eigenvalue weighted by molar-refractivity contribution is -0.119. The average Bonchev–Trinajstić information content (AvgIpc) is 3.00. The van der Waals surface area contributed by atoms with E-state index in [0.29, 0.717) is 32.2 Å². The third kappa shape index (κ3) is 7.38. The number of imidazole rings is 1. The zero-order chi connectivity index (χ0) is 21.7. The predicted octanol–water partition coefficient (Wildman–Crippen LogP) is 1.70. The van der Waals surface area contributed by atoms with Crippen LogP contribution in [-0.2, 0) is 32.5 Å². The SMILES string of the molecule is COCCn1c(CN2CCCC(CNC(C)=O)C2)cnc1S(=O)(=O)CC(C)(C)C. The molecule has 0 spiro atoms. The molecule has 0 aromatic carbocycles. The van der Waals surface area contributed by atoms with Crippen molar-refractivity contribution in [1.82, 2.24) is 19.8 Å². The molecule has 1 N–H and O–H groups in total. The van der Waals surface area contributed by atoms with Gasteiger partial charge in [0.1, 0.15) is 0 Å². The molecular formula is C20H36N4O4S. The second-order valence-corrected chi connectivity index (χ2v) is 11.1. The van der Waals surface area contributed by atoms with Crippen LogP contribution < -0.4 is 5.32 Å². The molecule has 1 aromatic heterocycles. The van der Waals surface area contributed by atoms with E-state index in [9.17, 15) is 13.2 Å². The van der Waals surface area contributed by atoms with E-state index in [1.165, 1.54) is 6.92 Å². The van der Waals surface area contributed by atoms with Crippen molar-refractivity contribution in [2.75, 3.05) is 39.1 Å². The van der Waals surface area contributed by atoms with E-state index in [4.69, 9.17) is 4.74 Å². The normalized spacial score (nSPS) is 18.7. The maximum atomic E-state index is 13.0. The summed E-state index contributed by atoms with van der Waals surface area (Å²) in [6.45, 7) is 11.3. The van der Waals surface area contributed by atoms with Gasteiger partial charge in [-0.15, -0.1) is 0 Å². The molecule has 8 nitrogen and oxygen atoms in total. The molecule has 0 bridgehead atoms. The maximum Gasteiger partial charge on any atom is 0.227 e. The van der Waals surface area contributed by atoms with Crippen LogP contribution in [0.25, 0.3) is 0 Å². The van der Waals surface area contributed by atoms with Crippen molar-refractivity contribution in [3.05, 3.63) is 11.9 Å². The second-order valence-electron chi connectivity index (χ2n) is 9.18. The molecule has 9 heteroatoms. The number of ether oxygens (including phenoxy) is 1. The highest BCUT2D eigenvalue weighted by molar-refractivity contribution is 7.91. The van der Waals surface area contributed by atoms with Gasteiger partial charge in [-0.05, 0) is 30.7 Å². The number of aromatic nitrogens is 2. The summed E-state index contributed by atoms with van der Waals surface area (Å²) in [6.07, 6.45) is 3.83. The number of carbonyl (C=O) groups is 1. The maximum absolute atomic E-state index is 13.0. The molecule has 1 aliphatic heterocycles. The van der Waals surface area contributed by atoms with Gasteiger partial charge in [0.05, 0.1) is 24.3 Å². The van der Waals surface area contributed by atoms with Crippen molar-refractivity contribution in [2.24, 2.45) is 11.3 Å². The zero-order valence-corrected chi connectivity index (χ0v) is 19.2. The Labute approximate surface area is 174 Å². The van der Waals surface area contributed by atoms with E-state index in [1.54, 1.807) is 17.9 Å². The van der Waals surface area contributed by atoms with Crippen molar-refractivity contribution in [3.8, 4) is 0 Å². The average molecular weight is 429 g/mol. The number of likely N-dealkylation sites (tertiary alicyclic amines) is 1. The molecule has 29 heavy (non-hydrogen) atoms. The summed E-state index contributed by atoms with van der Waals surface area (Å²) in [5.41, 5.74) is 0.538. The largest absolute Gasteiger partial charge is 0.383 e. The molecule has 2 heterocycles. The minimum absolute atomic E-state index is 0.00605. The molecule has 0 aliphatic carbocycles. The van der Waals surface area contributed by atoms with Crippen molar-refractivity contribution in [3.63, 3.8) is 0 Å². The fraction of sp³-hybridized carbons (Fsp3) is 0.800. The number of nitrogens with one attached hydrogen (secondary N) is 1. The Hall–Kier alpha value is -1.45. The van der Waals surface area contributed by atoms with E-state index in [2.05, 4.69) is 15.2 Å². The summed E-state index contributed by atoms with van der Waals surface area (Å²) >= 11 is 0. The van der Waals surface area contributed by atoms with Crippen molar-refractivity contribution in [1.29, 1.82) is 0 Å². The molecule has 0 saturated carbocycles. The number of methoxy groups -OCH3 is 1. The fourth-order valence-corrected chi connectivity index (χ4v) is 5.83. The monoisotopic (exact) mass is 428 g/mol. The van der Waals surface area contributed by atoms with Crippen LogP contribution in [0.3, 0.4) is 0 Å². The Morgan fingerprint density at radius 2 is 2.10 bits per heavy atom. The van der Waals surface area contributed by atoms with Crippen LogP contribution in [0.4, 0.5) is 0 Å². The minimum Gasteiger partial charge on any atom is -0.383 e. The molecule has 1 fully saturated rings. The molecule has 1 aromatic rings. The second kappa shape index (κ2) is 10.0. The van der Waals surface area contributed by atoms with Gasteiger partial charge in [0, 0.05) is 40.2 Å². The van der Waals surface area contributed by atoms with Gasteiger partial charge in [0.25, 0.3) is 0 Å². The van der Waals surface area contributed by atoms with Crippen molar-refractivity contribution < 1.29 is 17.9 Å². The summed E-state index contributed by atoms with van der Waals surface area (Å²) in [6, 6.07) is 0. The Morgan fingerprint density at radius 1 is 1.38 bits per heavy atom. The Morgan fingerprint density at radius 3 is 2.72 bits per heavy atom. The number of hydrogen-bond acceptors (Lipinski definition) is 6. The van der Waals surface area contributed by atoms with Crippen molar-refractivity contribution >= 4 is 15.7 Å². The topological polar surface area (TPSA) is 93.5 Å². The van der Waals surface area contributed by atoms with E-state index >= 15 is 0 Å². The Bertz CT molecular complexity index is 783. The summed E-state index contributed by atoms with van der Waals surface area (Å²) in [5, 5.41) is 3.04. The van der Waals surface area contributed by atoms with Crippen LogP contribution in [0.15, 0.2) is 11.4 Å². The number of hydrogen-bond donors (Lipinski definition) is 1. The van der Waals surface area contributed by atoms with E-state index in [1.807, 2.05) is 20.8 Å². The molecule has 2 rings (SSSR count). The highest BCUT2D eigenvalue weighted by Gasteiger charge is 2.29. The first-order valence-electron chi connectivity index (χ1n) is 10.2. The number of carbonyl (C=O) groups excluding carboxylic acids is 1. The molecule has 1 amide bonds. The van der Waals surface area contributed by atoms with Gasteiger partial charge in [-0.1, -0.05) is 20.8 Å². The molecule has 1 aliphatic rings. The molecular weight excluding hydrogens is 392 g/mol. The van der Waals surface area contributed by atoms with Gasteiger partial charge < -0.3 is 14.6 Å². The molecule has 1 atom stereocenters. The number of rotatable bonds is 9. The van der Waals surface area contributed by atoms with Crippen LogP contribution >= 0.6 is 0 Å². The van der Waals surface area contributed by atoms with Crippen molar-refractivity contribution in [2.45, 2.75) is 58.8 Å². The summed E-state index contributed by atoms with van der Waals surface area (Å²) in [5.74, 6) is 0.451. The predicted molar refractivity (Wildman–Crippen MR) is 112 cm³/mol. The van der Waals surface area contributed by atoms with E-state index < -0.39 is 9.84 Å². The third-order valence-electron chi connectivity index (χ3n) is 4.95. The first-order chi connectivity index (χ1) is 13.5. The lowest BCUT2D eigenvalue weighted by Gasteiger charge is -2.32. The first-order valence-corrected chi connectivity index (χ1v) is 11.9. The number of sulfone groups is 1.